The lowest BCUT2D eigenvalue weighted by atomic mass is 9.95. The molecule has 3 heterocycles. The van der Waals surface area contributed by atoms with Crippen LogP contribution in [-0.2, 0) is 6.42 Å². The molecule has 0 aliphatic heterocycles. The van der Waals surface area contributed by atoms with E-state index in [9.17, 15) is 4.79 Å². The average molecular weight is 340 g/mol. The van der Waals surface area contributed by atoms with E-state index in [1.807, 2.05) is 34.9 Å². The second-order valence-corrected chi connectivity index (χ2v) is 6.81. The summed E-state index contributed by atoms with van der Waals surface area (Å²) in [7, 11) is 1.61. The summed E-state index contributed by atoms with van der Waals surface area (Å²) in [6.45, 7) is 3.96. The van der Waals surface area contributed by atoms with Crippen LogP contribution in [0.1, 0.15) is 56.6 Å². The summed E-state index contributed by atoms with van der Waals surface area (Å²) in [6.07, 6.45) is 6.44. The number of hydrogen-bond acceptors (Lipinski definition) is 4. The van der Waals surface area contributed by atoms with Crippen LogP contribution >= 0.6 is 0 Å². The molecule has 4 rings (SSSR count). The van der Waals surface area contributed by atoms with Crippen molar-refractivity contribution in [2.24, 2.45) is 0 Å². The Morgan fingerprint density at radius 2 is 1.96 bits per heavy atom. The molecule has 3 aromatic rings. The topological polar surface area (TPSA) is 61.4 Å². The van der Waals surface area contributed by atoms with Gasteiger partial charge in [0.1, 0.15) is 11.3 Å². The van der Waals surface area contributed by atoms with Crippen LogP contribution in [0.15, 0.2) is 16.9 Å². The Hall–Kier alpha value is -2.37. The summed E-state index contributed by atoms with van der Waals surface area (Å²) in [5.74, 6) is 1.42. The van der Waals surface area contributed by atoms with Gasteiger partial charge < -0.3 is 9.30 Å². The number of nitrogens with zero attached hydrogens (tertiary/aromatic N) is 4. The zero-order valence-corrected chi connectivity index (χ0v) is 15.1. The smallest absolute Gasteiger partial charge is 0.277 e. The molecule has 1 fully saturated rings. The van der Waals surface area contributed by atoms with Gasteiger partial charge in [0.15, 0.2) is 5.65 Å². The van der Waals surface area contributed by atoms with Crippen molar-refractivity contribution >= 4 is 16.7 Å². The van der Waals surface area contributed by atoms with Crippen LogP contribution in [0.2, 0.25) is 0 Å². The van der Waals surface area contributed by atoms with Gasteiger partial charge >= 0.3 is 0 Å². The summed E-state index contributed by atoms with van der Waals surface area (Å²) in [4.78, 5) is 22.7. The average Bonchev–Trinajstić information content (AvgIpc) is 2.99. The minimum absolute atomic E-state index is 0.0519. The van der Waals surface area contributed by atoms with Crippen molar-refractivity contribution < 1.29 is 4.74 Å². The molecule has 6 heteroatoms. The van der Waals surface area contributed by atoms with Gasteiger partial charge in [-0.15, -0.1) is 0 Å². The van der Waals surface area contributed by atoms with Gasteiger partial charge in [-0.05, 0) is 25.8 Å². The lowest BCUT2D eigenvalue weighted by Crippen LogP contribution is -2.29. The first kappa shape index (κ1) is 16.1. The molecule has 6 nitrogen and oxygen atoms in total. The fourth-order valence-electron chi connectivity index (χ4n) is 4.12. The Bertz CT molecular complexity index is 996. The van der Waals surface area contributed by atoms with Gasteiger partial charge in [0.05, 0.1) is 18.3 Å². The first-order chi connectivity index (χ1) is 12.2. The third kappa shape index (κ3) is 2.42. The Kier molecular flexibility index (Phi) is 3.98. The van der Waals surface area contributed by atoms with Crippen LogP contribution in [0, 0.1) is 6.92 Å². The van der Waals surface area contributed by atoms with E-state index in [-0.39, 0.29) is 11.6 Å². The van der Waals surface area contributed by atoms with Crippen molar-refractivity contribution in [3.8, 4) is 5.88 Å². The van der Waals surface area contributed by atoms with E-state index in [4.69, 9.17) is 4.74 Å². The molecule has 0 aromatic carbocycles. The molecule has 3 aromatic heterocycles. The summed E-state index contributed by atoms with van der Waals surface area (Å²) >= 11 is 0. The lowest BCUT2D eigenvalue weighted by molar-refractivity contribution is 0.354. The Balaban J connectivity index is 2.15. The standard InChI is InChI=1S/C19H24N4O2/c1-4-15-20-12(2)17-19(24)22(13-8-6-5-7-9-13)14-10-11-16(25-3)21-18(14)23(15)17/h10-11,13H,4-9H2,1-3H3. The Morgan fingerprint density at radius 3 is 2.64 bits per heavy atom. The number of pyridine rings is 1. The largest absolute Gasteiger partial charge is 0.481 e. The van der Waals surface area contributed by atoms with Crippen molar-refractivity contribution in [2.75, 3.05) is 7.11 Å². The van der Waals surface area contributed by atoms with Gasteiger partial charge in [-0.3, -0.25) is 9.20 Å². The van der Waals surface area contributed by atoms with Crippen LogP contribution < -0.4 is 10.3 Å². The van der Waals surface area contributed by atoms with Gasteiger partial charge in [-0.2, -0.15) is 4.98 Å². The maximum absolute atomic E-state index is 13.4. The molecule has 1 aliphatic rings. The quantitative estimate of drug-likeness (QED) is 0.733. The number of methoxy groups -OCH3 is 1. The van der Waals surface area contributed by atoms with Crippen LogP contribution in [0.4, 0.5) is 0 Å². The van der Waals surface area contributed by atoms with E-state index in [0.717, 1.165) is 41.9 Å². The van der Waals surface area contributed by atoms with Crippen molar-refractivity contribution in [1.29, 1.82) is 0 Å². The lowest BCUT2D eigenvalue weighted by Gasteiger charge is -2.26. The number of fused-ring (bicyclic) bond motifs is 3. The van der Waals surface area contributed by atoms with E-state index in [2.05, 4.69) is 9.97 Å². The molecule has 0 N–H and O–H groups in total. The fraction of sp³-hybridized carbons (Fsp3) is 0.526. The van der Waals surface area contributed by atoms with Crippen LogP contribution in [0.25, 0.3) is 16.7 Å². The van der Waals surface area contributed by atoms with E-state index in [1.54, 1.807) is 7.11 Å². The maximum Gasteiger partial charge on any atom is 0.277 e. The monoisotopic (exact) mass is 340 g/mol. The summed E-state index contributed by atoms with van der Waals surface area (Å²) in [5, 5.41) is 0. The molecule has 1 aliphatic carbocycles. The van der Waals surface area contributed by atoms with Crippen molar-refractivity contribution in [3.63, 3.8) is 0 Å². The Labute approximate surface area is 146 Å². The molecule has 0 atom stereocenters. The normalized spacial score (nSPS) is 16.0. The highest BCUT2D eigenvalue weighted by molar-refractivity contribution is 5.77. The van der Waals surface area contributed by atoms with Crippen LogP contribution in [0.3, 0.4) is 0 Å². The van der Waals surface area contributed by atoms with E-state index in [1.165, 1.54) is 19.3 Å². The molecular weight excluding hydrogens is 316 g/mol. The molecule has 25 heavy (non-hydrogen) atoms. The number of imidazole rings is 1. The predicted molar refractivity (Wildman–Crippen MR) is 97.5 cm³/mol. The molecule has 0 amide bonds. The second-order valence-electron chi connectivity index (χ2n) is 6.81. The number of ether oxygens (including phenoxy) is 1. The van der Waals surface area contributed by atoms with Crippen LogP contribution in [0.5, 0.6) is 5.88 Å². The molecule has 132 valence electrons. The van der Waals surface area contributed by atoms with Crippen LogP contribution in [-0.4, -0.2) is 26.0 Å². The van der Waals surface area contributed by atoms with E-state index < -0.39 is 0 Å². The van der Waals surface area contributed by atoms with E-state index >= 15 is 0 Å². The molecule has 0 radical (unpaired) electrons. The van der Waals surface area contributed by atoms with E-state index in [0.29, 0.717) is 11.4 Å². The minimum Gasteiger partial charge on any atom is -0.481 e. The first-order valence-electron chi connectivity index (χ1n) is 9.12. The molecule has 0 spiro atoms. The number of aromatic nitrogens is 4. The third-order valence-electron chi connectivity index (χ3n) is 5.31. The molecule has 0 unspecified atom stereocenters. The zero-order valence-electron chi connectivity index (χ0n) is 15.1. The summed E-state index contributed by atoms with van der Waals surface area (Å²) in [5.41, 5.74) is 3.11. The number of rotatable bonds is 3. The summed E-state index contributed by atoms with van der Waals surface area (Å²) < 4.78 is 9.22. The highest BCUT2D eigenvalue weighted by Crippen LogP contribution is 2.31. The highest BCUT2D eigenvalue weighted by Gasteiger charge is 2.24. The minimum atomic E-state index is 0.0519. The SMILES string of the molecule is CCc1nc(C)c2c(=O)n(C3CCCCC3)c3ccc(OC)nc3n12. The maximum atomic E-state index is 13.4. The van der Waals surface area contributed by atoms with Gasteiger partial charge in [0.25, 0.3) is 5.56 Å². The highest BCUT2D eigenvalue weighted by atomic mass is 16.5. The molecule has 0 bridgehead atoms. The molecule has 1 saturated carbocycles. The zero-order chi connectivity index (χ0) is 17.6. The fourth-order valence-corrected chi connectivity index (χ4v) is 4.12. The first-order valence-corrected chi connectivity index (χ1v) is 9.12. The van der Waals surface area contributed by atoms with Crippen molar-refractivity contribution in [1.82, 2.24) is 18.9 Å². The van der Waals surface area contributed by atoms with Gasteiger partial charge in [-0.1, -0.05) is 26.2 Å². The van der Waals surface area contributed by atoms with Crippen molar-refractivity contribution in [3.05, 3.63) is 34.0 Å². The summed E-state index contributed by atoms with van der Waals surface area (Å²) in [6, 6.07) is 4.04. The number of aryl methyl sites for hydroxylation is 2. The molecular formula is C19H24N4O2. The predicted octanol–water partition coefficient (Wildman–Crippen LogP) is 3.43. The number of hydrogen-bond donors (Lipinski definition) is 0. The molecule has 0 saturated heterocycles. The second kappa shape index (κ2) is 6.17. The van der Waals surface area contributed by atoms with Gasteiger partial charge in [-0.25, -0.2) is 4.98 Å². The van der Waals surface area contributed by atoms with Gasteiger partial charge in [0.2, 0.25) is 5.88 Å². The van der Waals surface area contributed by atoms with Gasteiger partial charge in [0, 0.05) is 18.5 Å². The van der Waals surface area contributed by atoms with Crippen molar-refractivity contribution in [2.45, 2.75) is 58.4 Å². The Morgan fingerprint density at radius 1 is 1.20 bits per heavy atom. The third-order valence-corrected chi connectivity index (χ3v) is 5.31.